The molecule has 0 spiro atoms. The van der Waals surface area contributed by atoms with E-state index in [-0.39, 0.29) is 23.9 Å². The van der Waals surface area contributed by atoms with Gasteiger partial charge in [0.2, 0.25) is 0 Å². The molecule has 0 radical (unpaired) electrons. The molecule has 3 aromatic rings. The minimum Gasteiger partial charge on any atom is -0.490 e. The van der Waals surface area contributed by atoms with Gasteiger partial charge in [0, 0.05) is 32.1 Å². The molecular formula is C26H28O6S. The Morgan fingerprint density at radius 3 is 2.85 bits per heavy atom. The molecule has 1 aromatic heterocycles. The zero-order valence-corrected chi connectivity index (χ0v) is 19.6. The number of thiophene rings is 1. The summed E-state index contributed by atoms with van der Waals surface area (Å²) in [6.45, 7) is 2.73. The molecule has 33 heavy (non-hydrogen) atoms. The van der Waals surface area contributed by atoms with Crippen molar-refractivity contribution in [1.82, 2.24) is 0 Å². The third-order valence-corrected chi connectivity index (χ3v) is 6.84. The summed E-state index contributed by atoms with van der Waals surface area (Å²) in [6.07, 6.45) is 5.76. The molecule has 2 heterocycles. The summed E-state index contributed by atoms with van der Waals surface area (Å²) in [4.78, 5) is 11.9. The molecule has 1 aliphatic heterocycles. The normalized spacial score (nSPS) is 21.0. The molecule has 4 rings (SSSR count). The van der Waals surface area contributed by atoms with Crippen LogP contribution in [0.5, 0.6) is 5.75 Å². The number of hydrogen-bond donors (Lipinski definition) is 2. The number of aromatic carboxylic acids is 1. The van der Waals surface area contributed by atoms with Gasteiger partial charge in [0.1, 0.15) is 12.4 Å². The standard InChI is InChI=1S/C26H28O6S/c1-17-14-26(30-2,8-10-31-17)7-3-9-32-20-4-5-21-19(12-20)13-22(25(28)29)23(15-27)24(21)18-6-11-33-16-18/h3-7,11-13,16-17,27H,8-10,14-15H2,1-2H3,(H,28,29). The molecule has 2 unspecified atom stereocenters. The zero-order chi connectivity index (χ0) is 23.4. The summed E-state index contributed by atoms with van der Waals surface area (Å²) in [6, 6.07) is 9.17. The van der Waals surface area contributed by atoms with E-state index >= 15 is 0 Å². The number of rotatable bonds is 8. The summed E-state index contributed by atoms with van der Waals surface area (Å²) in [7, 11) is 1.72. The van der Waals surface area contributed by atoms with E-state index < -0.39 is 5.97 Å². The van der Waals surface area contributed by atoms with Crippen molar-refractivity contribution < 1.29 is 29.2 Å². The SMILES string of the molecule is COC1(C=CCOc2ccc3c(-c4ccsc4)c(CO)c(C(=O)O)cc3c2)CCOC(C)C1. The number of benzene rings is 2. The van der Waals surface area contributed by atoms with E-state index in [0.29, 0.717) is 24.5 Å². The highest BCUT2D eigenvalue weighted by atomic mass is 32.1. The second-order valence-electron chi connectivity index (χ2n) is 8.25. The van der Waals surface area contributed by atoms with Gasteiger partial charge in [0.25, 0.3) is 0 Å². The fourth-order valence-electron chi connectivity index (χ4n) is 4.50. The molecule has 1 fully saturated rings. The van der Waals surface area contributed by atoms with Crippen molar-refractivity contribution in [2.24, 2.45) is 0 Å². The van der Waals surface area contributed by atoms with Crippen LogP contribution in [0.25, 0.3) is 21.9 Å². The Bertz CT molecular complexity index is 1150. The first-order chi connectivity index (χ1) is 16.0. The summed E-state index contributed by atoms with van der Waals surface area (Å²) < 4.78 is 17.3. The average molecular weight is 469 g/mol. The van der Waals surface area contributed by atoms with Crippen LogP contribution in [-0.4, -0.2) is 48.2 Å². The number of methoxy groups -OCH3 is 1. The predicted molar refractivity (Wildman–Crippen MR) is 129 cm³/mol. The number of hydrogen-bond acceptors (Lipinski definition) is 6. The van der Waals surface area contributed by atoms with Gasteiger partial charge in [-0.1, -0.05) is 12.1 Å². The van der Waals surface area contributed by atoms with Crippen LogP contribution in [-0.2, 0) is 16.1 Å². The number of carbonyl (C=O) groups is 1. The zero-order valence-electron chi connectivity index (χ0n) is 18.7. The average Bonchev–Trinajstić information content (AvgIpc) is 3.35. The topological polar surface area (TPSA) is 85.2 Å². The second-order valence-corrected chi connectivity index (χ2v) is 9.03. The first kappa shape index (κ1) is 23.4. The maximum absolute atomic E-state index is 11.9. The molecule has 2 N–H and O–H groups in total. The monoisotopic (exact) mass is 468 g/mol. The molecular weight excluding hydrogens is 440 g/mol. The molecule has 7 heteroatoms. The van der Waals surface area contributed by atoms with Crippen LogP contribution in [0.3, 0.4) is 0 Å². The van der Waals surface area contributed by atoms with E-state index in [4.69, 9.17) is 14.2 Å². The number of carboxylic acids is 1. The Morgan fingerprint density at radius 2 is 2.18 bits per heavy atom. The number of aliphatic hydroxyl groups excluding tert-OH is 1. The minimum atomic E-state index is -1.07. The van der Waals surface area contributed by atoms with Gasteiger partial charge in [-0.05, 0) is 69.9 Å². The Kier molecular flexibility index (Phi) is 7.14. The number of aliphatic hydroxyl groups is 1. The number of ether oxygens (including phenoxy) is 3. The molecule has 0 saturated carbocycles. The summed E-state index contributed by atoms with van der Waals surface area (Å²) in [5.74, 6) is -0.425. The molecule has 174 valence electrons. The van der Waals surface area contributed by atoms with Crippen molar-refractivity contribution in [2.75, 3.05) is 20.3 Å². The van der Waals surface area contributed by atoms with Crippen molar-refractivity contribution in [2.45, 2.75) is 38.1 Å². The molecule has 6 nitrogen and oxygen atoms in total. The maximum Gasteiger partial charge on any atom is 0.336 e. The fourth-order valence-corrected chi connectivity index (χ4v) is 5.15. The third-order valence-electron chi connectivity index (χ3n) is 6.15. The maximum atomic E-state index is 11.9. The second kappa shape index (κ2) is 10.1. The fraction of sp³-hybridized carbons (Fsp3) is 0.346. The van der Waals surface area contributed by atoms with Gasteiger partial charge < -0.3 is 24.4 Å². The molecule has 1 saturated heterocycles. The molecule has 0 amide bonds. The van der Waals surface area contributed by atoms with Crippen LogP contribution in [0.15, 0.2) is 53.2 Å². The van der Waals surface area contributed by atoms with Gasteiger partial charge in [0.05, 0.1) is 23.9 Å². The molecule has 2 aromatic carbocycles. The molecule has 0 aliphatic carbocycles. The van der Waals surface area contributed by atoms with Crippen LogP contribution in [0, 0.1) is 0 Å². The van der Waals surface area contributed by atoms with Crippen molar-refractivity contribution >= 4 is 28.1 Å². The van der Waals surface area contributed by atoms with Crippen LogP contribution in [0.4, 0.5) is 0 Å². The van der Waals surface area contributed by atoms with Crippen molar-refractivity contribution in [3.8, 4) is 16.9 Å². The van der Waals surface area contributed by atoms with E-state index in [1.807, 2.05) is 48.0 Å². The first-order valence-corrected chi connectivity index (χ1v) is 11.8. The van der Waals surface area contributed by atoms with Gasteiger partial charge in [-0.3, -0.25) is 0 Å². The molecule has 1 aliphatic rings. The van der Waals surface area contributed by atoms with E-state index in [1.165, 1.54) is 11.3 Å². The lowest BCUT2D eigenvalue weighted by Gasteiger charge is -2.36. The lowest BCUT2D eigenvalue weighted by molar-refractivity contribution is -0.0909. The van der Waals surface area contributed by atoms with E-state index in [0.717, 1.165) is 34.7 Å². The lowest BCUT2D eigenvalue weighted by Crippen LogP contribution is -2.39. The Labute approximate surface area is 197 Å². The number of fused-ring (bicyclic) bond motifs is 1. The van der Waals surface area contributed by atoms with E-state index in [2.05, 4.69) is 6.08 Å². The smallest absolute Gasteiger partial charge is 0.336 e. The van der Waals surface area contributed by atoms with Crippen molar-refractivity contribution in [3.63, 3.8) is 0 Å². The highest BCUT2D eigenvalue weighted by Gasteiger charge is 2.33. The Morgan fingerprint density at radius 1 is 1.33 bits per heavy atom. The minimum absolute atomic E-state index is 0.0962. The van der Waals surface area contributed by atoms with Crippen LogP contribution >= 0.6 is 11.3 Å². The highest BCUT2D eigenvalue weighted by molar-refractivity contribution is 7.08. The van der Waals surface area contributed by atoms with Crippen molar-refractivity contribution in [3.05, 3.63) is 64.4 Å². The van der Waals surface area contributed by atoms with E-state index in [9.17, 15) is 15.0 Å². The summed E-state index contributed by atoms with van der Waals surface area (Å²) in [5.41, 5.74) is 1.82. The largest absolute Gasteiger partial charge is 0.490 e. The van der Waals surface area contributed by atoms with Gasteiger partial charge in [-0.15, -0.1) is 0 Å². The molecule has 2 atom stereocenters. The van der Waals surface area contributed by atoms with Gasteiger partial charge >= 0.3 is 5.97 Å². The lowest BCUT2D eigenvalue weighted by atomic mass is 9.90. The molecule has 0 bridgehead atoms. The van der Waals surface area contributed by atoms with Gasteiger partial charge in [-0.25, -0.2) is 4.79 Å². The van der Waals surface area contributed by atoms with Crippen LogP contribution in [0.2, 0.25) is 0 Å². The Hall–Kier alpha value is -2.71. The van der Waals surface area contributed by atoms with E-state index in [1.54, 1.807) is 13.2 Å². The quantitative estimate of drug-likeness (QED) is 0.438. The number of carboxylic acid groups (broad SMARTS) is 1. The van der Waals surface area contributed by atoms with Gasteiger partial charge in [0.15, 0.2) is 0 Å². The Balaban J connectivity index is 1.61. The van der Waals surface area contributed by atoms with Crippen LogP contribution in [0.1, 0.15) is 35.7 Å². The van der Waals surface area contributed by atoms with Crippen LogP contribution < -0.4 is 4.74 Å². The first-order valence-electron chi connectivity index (χ1n) is 10.9. The van der Waals surface area contributed by atoms with Crippen molar-refractivity contribution in [1.29, 1.82) is 0 Å². The summed E-state index contributed by atoms with van der Waals surface area (Å²) >= 11 is 1.53. The third kappa shape index (κ3) is 4.96. The summed E-state index contributed by atoms with van der Waals surface area (Å²) in [5, 5.41) is 25.2. The van der Waals surface area contributed by atoms with Gasteiger partial charge in [-0.2, -0.15) is 11.3 Å². The predicted octanol–water partition coefficient (Wildman–Crippen LogP) is 5.28. The highest BCUT2D eigenvalue weighted by Crippen LogP contribution is 2.37.